The van der Waals surface area contributed by atoms with Gasteiger partial charge in [-0.3, -0.25) is 4.79 Å². The van der Waals surface area contributed by atoms with Crippen molar-refractivity contribution in [3.63, 3.8) is 0 Å². The quantitative estimate of drug-likeness (QED) is 0.468. The van der Waals surface area contributed by atoms with Gasteiger partial charge in [-0.25, -0.2) is 4.79 Å². The van der Waals surface area contributed by atoms with E-state index in [0.29, 0.717) is 18.7 Å². The minimum atomic E-state index is -0.515. The molecule has 1 amide bonds. The number of esters is 1. The smallest absolute Gasteiger partial charge is 0.339 e. The molecule has 1 atom stereocenters. The second kappa shape index (κ2) is 10.2. The number of fused-ring (bicyclic) bond motifs is 2. The Hall–Kier alpha value is -3.16. The Morgan fingerprint density at radius 1 is 1.03 bits per heavy atom. The highest BCUT2D eigenvalue weighted by Gasteiger charge is 2.33. The van der Waals surface area contributed by atoms with Gasteiger partial charge in [0.15, 0.2) is 0 Å². The molecule has 35 heavy (non-hydrogen) atoms. The molecular weight excluding hydrogens is 440 g/mol. The third kappa shape index (κ3) is 5.11. The molecule has 1 saturated heterocycles. The van der Waals surface area contributed by atoms with Gasteiger partial charge >= 0.3 is 5.97 Å². The van der Waals surface area contributed by atoms with E-state index < -0.39 is 6.10 Å². The number of piperazine rings is 1. The molecule has 2 aliphatic heterocycles. The van der Waals surface area contributed by atoms with Crippen LogP contribution in [0.15, 0.2) is 54.6 Å². The van der Waals surface area contributed by atoms with Crippen LogP contribution in [0.4, 0.5) is 0 Å². The molecule has 0 radical (unpaired) electrons. The molecule has 0 aliphatic carbocycles. The van der Waals surface area contributed by atoms with Crippen molar-refractivity contribution in [2.45, 2.75) is 25.5 Å². The molecule has 3 aromatic rings. The number of carbonyl (C=O) groups excluding carboxylic acids is 2. The summed E-state index contributed by atoms with van der Waals surface area (Å²) in [6.07, 6.45) is 0.570. The Balaban J connectivity index is 1.30. The Morgan fingerprint density at radius 2 is 1.77 bits per heavy atom. The average molecular weight is 475 g/mol. The van der Waals surface area contributed by atoms with Crippen LogP contribution in [0, 0.1) is 0 Å². The summed E-state index contributed by atoms with van der Waals surface area (Å²) in [6.45, 7) is 6.51. The number of carbonyl (C=O) groups is 2. The van der Waals surface area contributed by atoms with Gasteiger partial charge in [-0.15, -0.1) is 0 Å². The third-order valence-corrected chi connectivity index (χ3v) is 7.39. The number of likely N-dealkylation sites (N-methyl/N-ethyl adjacent to an activating group) is 1. The van der Waals surface area contributed by atoms with Crippen molar-refractivity contribution in [1.82, 2.24) is 19.3 Å². The summed E-state index contributed by atoms with van der Waals surface area (Å²) < 4.78 is 7.75. The van der Waals surface area contributed by atoms with Gasteiger partial charge < -0.3 is 24.0 Å². The second-order valence-electron chi connectivity index (χ2n) is 9.75. The van der Waals surface area contributed by atoms with Crippen molar-refractivity contribution < 1.29 is 14.3 Å². The molecule has 1 fully saturated rings. The van der Waals surface area contributed by atoms with Gasteiger partial charge in [-0.1, -0.05) is 36.4 Å². The van der Waals surface area contributed by atoms with E-state index in [4.69, 9.17) is 4.74 Å². The first kappa shape index (κ1) is 23.6. The summed E-state index contributed by atoms with van der Waals surface area (Å²) in [6, 6.07) is 17.8. The summed E-state index contributed by atoms with van der Waals surface area (Å²) in [7, 11) is 4.22. The predicted octanol–water partition coefficient (Wildman–Crippen LogP) is 3.45. The number of rotatable bonds is 8. The third-order valence-electron chi connectivity index (χ3n) is 7.39. The highest BCUT2D eigenvalue weighted by atomic mass is 16.5. The summed E-state index contributed by atoms with van der Waals surface area (Å²) in [5, 5.41) is 1.17. The Labute approximate surface area is 206 Å². The fourth-order valence-electron chi connectivity index (χ4n) is 5.20. The molecule has 184 valence electrons. The van der Waals surface area contributed by atoms with E-state index in [0.717, 1.165) is 55.9 Å². The van der Waals surface area contributed by atoms with Crippen molar-refractivity contribution in [2.24, 2.45) is 7.05 Å². The molecule has 0 bridgehead atoms. The minimum Gasteiger partial charge on any atom is -0.453 e. The van der Waals surface area contributed by atoms with Crippen LogP contribution in [-0.2, 0) is 23.1 Å². The average Bonchev–Trinajstić information content (AvgIpc) is 3.36. The lowest BCUT2D eigenvalue weighted by molar-refractivity contribution is -0.134. The molecule has 1 unspecified atom stereocenters. The topological polar surface area (TPSA) is 58.0 Å². The van der Waals surface area contributed by atoms with Gasteiger partial charge in [-0.2, -0.15) is 0 Å². The molecule has 2 aliphatic rings. The summed E-state index contributed by atoms with van der Waals surface area (Å²) in [5.41, 5.74) is 3.64. The largest absolute Gasteiger partial charge is 0.453 e. The van der Waals surface area contributed by atoms with Crippen molar-refractivity contribution in [3.05, 3.63) is 71.4 Å². The van der Waals surface area contributed by atoms with Crippen molar-refractivity contribution in [2.75, 3.05) is 46.3 Å². The van der Waals surface area contributed by atoms with Crippen molar-refractivity contribution >= 4 is 22.8 Å². The first-order chi connectivity index (χ1) is 17.0. The van der Waals surface area contributed by atoms with Gasteiger partial charge in [0.2, 0.25) is 5.91 Å². The van der Waals surface area contributed by atoms with E-state index in [-0.39, 0.29) is 18.3 Å². The van der Waals surface area contributed by atoms with Crippen molar-refractivity contribution in [1.29, 1.82) is 0 Å². The number of nitrogens with zero attached hydrogens (tertiary/aromatic N) is 4. The van der Waals surface area contributed by atoms with E-state index >= 15 is 0 Å². The lowest BCUT2D eigenvalue weighted by atomic mass is 10.0. The van der Waals surface area contributed by atoms with Crippen LogP contribution in [0.2, 0.25) is 0 Å². The summed E-state index contributed by atoms with van der Waals surface area (Å²) in [4.78, 5) is 32.6. The van der Waals surface area contributed by atoms with Crippen LogP contribution in [0.3, 0.4) is 0 Å². The Bertz CT molecular complexity index is 1210. The van der Waals surface area contributed by atoms with Crippen LogP contribution >= 0.6 is 0 Å². The molecule has 1 aromatic heterocycles. The molecule has 0 spiro atoms. The van der Waals surface area contributed by atoms with Gasteiger partial charge in [-0.05, 0) is 43.6 Å². The number of hydrogen-bond donors (Lipinski definition) is 0. The molecule has 7 heteroatoms. The monoisotopic (exact) mass is 474 g/mol. The van der Waals surface area contributed by atoms with Crippen LogP contribution < -0.4 is 0 Å². The minimum absolute atomic E-state index is 0.0168. The lowest BCUT2D eigenvalue weighted by Crippen LogP contribution is -2.45. The first-order valence-electron chi connectivity index (χ1n) is 12.5. The van der Waals surface area contributed by atoms with Gasteiger partial charge in [0, 0.05) is 56.5 Å². The molecule has 3 heterocycles. The number of para-hydroxylation sites is 1. The first-order valence-corrected chi connectivity index (χ1v) is 12.5. The summed E-state index contributed by atoms with van der Waals surface area (Å²) in [5.74, 6) is -0.322. The summed E-state index contributed by atoms with van der Waals surface area (Å²) >= 11 is 0. The van der Waals surface area contributed by atoms with Crippen LogP contribution in [0.5, 0.6) is 0 Å². The zero-order valence-corrected chi connectivity index (χ0v) is 20.7. The number of benzene rings is 2. The molecule has 0 saturated carbocycles. The zero-order valence-electron chi connectivity index (χ0n) is 20.7. The van der Waals surface area contributed by atoms with E-state index in [1.165, 1.54) is 5.39 Å². The normalized spacial score (nSPS) is 18.6. The van der Waals surface area contributed by atoms with E-state index in [9.17, 15) is 9.59 Å². The number of hydrogen-bond acceptors (Lipinski definition) is 5. The van der Waals surface area contributed by atoms with E-state index in [1.807, 2.05) is 35.2 Å². The second-order valence-corrected chi connectivity index (χ2v) is 9.75. The number of amides is 1. The number of aromatic nitrogens is 1. The maximum Gasteiger partial charge on any atom is 0.339 e. The number of aryl methyl sites for hydroxylation is 1. The highest BCUT2D eigenvalue weighted by molar-refractivity contribution is 5.94. The van der Waals surface area contributed by atoms with Crippen molar-refractivity contribution in [3.8, 4) is 0 Å². The van der Waals surface area contributed by atoms with Crippen LogP contribution in [0.25, 0.3) is 10.9 Å². The van der Waals surface area contributed by atoms with Gasteiger partial charge in [0.1, 0.15) is 6.10 Å². The fraction of sp³-hybridized carbons (Fsp3) is 0.429. The molecule has 0 N–H and O–H groups in total. The standard InChI is InChI=1S/C28H34N4O3/c1-29-14-16-31(17-15-29)12-7-13-32(20-22-18-21-8-3-6-11-25(21)30(22)2)27(33)19-26-23-9-4-5-10-24(23)28(34)35-26/h3-6,8-11,18,26H,7,12-17,19-20H2,1-2H3. The maximum atomic E-state index is 13.6. The number of ether oxygens (including phenoxy) is 1. The molecule has 2 aromatic carbocycles. The molecular formula is C28H34N4O3. The van der Waals surface area contributed by atoms with Crippen LogP contribution in [-0.4, -0.2) is 77.5 Å². The maximum absolute atomic E-state index is 13.6. The van der Waals surface area contributed by atoms with E-state index in [2.05, 4.69) is 46.7 Å². The van der Waals surface area contributed by atoms with Gasteiger partial charge in [0.25, 0.3) is 0 Å². The number of cyclic esters (lactones) is 1. The molecule has 5 rings (SSSR count). The Morgan fingerprint density at radius 3 is 2.57 bits per heavy atom. The zero-order chi connectivity index (χ0) is 24.4. The van der Waals surface area contributed by atoms with Gasteiger partial charge in [0.05, 0.1) is 18.5 Å². The predicted molar refractivity (Wildman–Crippen MR) is 136 cm³/mol. The molecule has 7 nitrogen and oxygen atoms in total. The SMILES string of the molecule is CN1CCN(CCCN(Cc2cc3ccccc3n2C)C(=O)CC2OC(=O)c3ccccc32)CC1. The fourth-order valence-corrected chi connectivity index (χ4v) is 5.20. The van der Waals surface area contributed by atoms with E-state index in [1.54, 1.807) is 6.07 Å². The Kier molecular flexibility index (Phi) is 6.88. The highest BCUT2D eigenvalue weighted by Crippen LogP contribution is 2.33. The lowest BCUT2D eigenvalue weighted by Gasteiger charge is -2.33. The van der Waals surface area contributed by atoms with Crippen LogP contribution in [0.1, 0.15) is 40.6 Å².